The number of H-pyrrole nitrogens is 1. The maximum absolute atomic E-state index is 12.6. The Morgan fingerprint density at radius 1 is 1.42 bits per heavy atom. The predicted octanol–water partition coefficient (Wildman–Crippen LogP) is 0.796. The molecular weight excluding hydrogens is 264 g/mol. The van der Waals surface area contributed by atoms with E-state index in [1.54, 1.807) is 10.5 Å². The summed E-state index contributed by atoms with van der Waals surface area (Å²) >= 11 is 0. The molecule has 1 aliphatic rings. The molecule has 0 aliphatic carbocycles. The fourth-order valence-corrected chi connectivity index (χ4v) is 4.06. The van der Waals surface area contributed by atoms with Crippen LogP contribution in [0.1, 0.15) is 26.3 Å². The largest absolute Gasteiger partial charge is 0.313 e. The molecule has 108 valence electrons. The molecule has 19 heavy (non-hydrogen) atoms. The van der Waals surface area contributed by atoms with Crippen molar-refractivity contribution in [3.05, 3.63) is 11.8 Å². The van der Waals surface area contributed by atoms with E-state index in [-0.39, 0.29) is 5.03 Å². The molecule has 2 N–H and O–H groups in total. The van der Waals surface area contributed by atoms with Gasteiger partial charge in [-0.25, -0.2) is 8.42 Å². The Morgan fingerprint density at radius 3 is 2.63 bits per heavy atom. The second kappa shape index (κ2) is 5.60. The molecule has 7 heteroatoms. The van der Waals surface area contributed by atoms with Gasteiger partial charge in [-0.05, 0) is 18.4 Å². The Labute approximate surface area is 114 Å². The molecule has 2 unspecified atom stereocenters. The number of hydrogen-bond donors (Lipinski definition) is 2. The Morgan fingerprint density at radius 2 is 2.05 bits per heavy atom. The molecule has 1 saturated heterocycles. The van der Waals surface area contributed by atoms with E-state index in [2.05, 4.69) is 29.4 Å². The van der Waals surface area contributed by atoms with Crippen LogP contribution in [-0.2, 0) is 16.6 Å². The lowest BCUT2D eigenvalue weighted by Gasteiger charge is -2.16. The summed E-state index contributed by atoms with van der Waals surface area (Å²) in [6.07, 6.45) is 1.58. The number of nitrogens with one attached hydrogen (secondary N) is 2. The van der Waals surface area contributed by atoms with Crippen LogP contribution in [0.25, 0.3) is 0 Å². The van der Waals surface area contributed by atoms with Gasteiger partial charge in [0.1, 0.15) is 0 Å². The number of hydrogen-bond acceptors (Lipinski definition) is 4. The lowest BCUT2D eigenvalue weighted by molar-refractivity contribution is 0.459. The zero-order chi connectivity index (χ0) is 14.0. The molecule has 1 aromatic rings. The molecular formula is C12H22N4O2S. The quantitative estimate of drug-likeness (QED) is 0.839. The van der Waals surface area contributed by atoms with Crippen LogP contribution in [0.5, 0.6) is 0 Å². The minimum atomic E-state index is -3.45. The maximum Gasteiger partial charge on any atom is 0.260 e. The zero-order valence-corrected chi connectivity index (χ0v) is 12.5. The van der Waals surface area contributed by atoms with Crippen molar-refractivity contribution >= 4 is 10.0 Å². The first-order valence-corrected chi connectivity index (χ1v) is 8.14. The SMILES string of the molecule is CCNCc1cn[nH]c1S(=O)(=O)N1CC(C)C(C)C1. The van der Waals surface area contributed by atoms with Crippen LogP contribution in [0.3, 0.4) is 0 Å². The number of aromatic nitrogens is 2. The van der Waals surface area contributed by atoms with Gasteiger partial charge >= 0.3 is 0 Å². The van der Waals surface area contributed by atoms with Crippen molar-refractivity contribution in [3.8, 4) is 0 Å². The summed E-state index contributed by atoms with van der Waals surface area (Å²) in [6, 6.07) is 0. The van der Waals surface area contributed by atoms with Gasteiger partial charge in [0, 0.05) is 25.2 Å². The van der Waals surface area contributed by atoms with Crippen LogP contribution in [0, 0.1) is 11.8 Å². The normalized spacial score (nSPS) is 25.0. The lowest BCUT2D eigenvalue weighted by atomic mass is 10.0. The fraction of sp³-hybridized carbons (Fsp3) is 0.750. The van der Waals surface area contributed by atoms with E-state index in [0.717, 1.165) is 6.54 Å². The minimum Gasteiger partial charge on any atom is -0.313 e. The standard InChI is InChI=1S/C12H22N4O2S/c1-4-13-5-11-6-14-15-12(11)19(17,18)16-7-9(2)10(3)8-16/h6,9-10,13H,4-5,7-8H2,1-3H3,(H,14,15). The van der Waals surface area contributed by atoms with Gasteiger partial charge in [0.25, 0.3) is 10.0 Å². The monoisotopic (exact) mass is 286 g/mol. The molecule has 0 saturated carbocycles. The molecule has 0 aromatic carbocycles. The summed E-state index contributed by atoms with van der Waals surface area (Å²) in [5.41, 5.74) is 0.703. The van der Waals surface area contributed by atoms with Crippen LogP contribution in [0.15, 0.2) is 11.2 Å². The maximum atomic E-state index is 12.6. The molecule has 2 atom stereocenters. The molecule has 2 heterocycles. The lowest BCUT2D eigenvalue weighted by Crippen LogP contribution is -2.30. The summed E-state index contributed by atoms with van der Waals surface area (Å²) in [5.74, 6) is 0.796. The second-order valence-corrected chi connectivity index (χ2v) is 7.16. The van der Waals surface area contributed by atoms with Gasteiger partial charge < -0.3 is 5.32 Å². The first-order valence-electron chi connectivity index (χ1n) is 6.70. The topological polar surface area (TPSA) is 78.1 Å². The molecule has 0 amide bonds. The summed E-state index contributed by atoms with van der Waals surface area (Å²) in [6.45, 7) is 8.65. The molecule has 0 spiro atoms. The van der Waals surface area contributed by atoms with Crippen LogP contribution < -0.4 is 5.32 Å². The van der Waals surface area contributed by atoms with Crippen molar-refractivity contribution in [2.45, 2.75) is 32.3 Å². The van der Waals surface area contributed by atoms with E-state index in [0.29, 0.717) is 37.0 Å². The molecule has 1 fully saturated rings. The third-order valence-electron chi connectivity index (χ3n) is 3.80. The summed E-state index contributed by atoms with van der Waals surface area (Å²) in [7, 11) is -3.45. The first-order chi connectivity index (χ1) is 8.96. The molecule has 2 rings (SSSR count). The van der Waals surface area contributed by atoms with Gasteiger partial charge in [-0.1, -0.05) is 20.8 Å². The summed E-state index contributed by atoms with van der Waals surface area (Å²) in [5, 5.41) is 9.88. The third-order valence-corrected chi connectivity index (χ3v) is 5.64. The minimum absolute atomic E-state index is 0.231. The van der Waals surface area contributed by atoms with Crippen LogP contribution >= 0.6 is 0 Å². The van der Waals surface area contributed by atoms with Crippen LogP contribution in [-0.4, -0.2) is 42.6 Å². The highest BCUT2D eigenvalue weighted by Gasteiger charge is 2.36. The van der Waals surface area contributed by atoms with Crippen LogP contribution in [0.4, 0.5) is 0 Å². The van der Waals surface area contributed by atoms with Crippen molar-refractivity contribution in [2.24, 2.45) is 11.8 Å². The molecule has 0 radical (unpaired) electrons. The van der Waals surface area contributed by atoms with E-state index >= 15 is 0 Å². The predicted molar refractivity (Wildman–Crippen MR) is 73.1 cm³/mol. The van der Waals surface area contributed by atoms with Crippen molar-refractivity contribution < 1.29 is 8.42 Å². The van der Waals surface area contributed by atoms with Gasteiger partial charge in [-0.2, -0.15) is 9.40 Å². The van der Waals surface area contributed by atoms with Gasteiger partial charge in [-0.3, -0.25) is 5.10 Å². The summed E-state index contributed by atoms with van der Waals surface area (Å²) < 4.78 is 26.8. The van der Waals surface area contributed by atoms with E-state index in [9.17, 15) is 8.42 Å². The highest BCUT2D eigenvalue weighted by Crippen LogP contribution is 2.28. The van der Waals surface area contributed by atoms with E-state index in [1.165, 1.54) is 0 Å². The average Bonchev–Trinajstić information content (AvgIpc) is 2.95. The van der Waals surface area contributed by atoms with Gasteiger partial charge in [-0.15, -0.1) is 0 Å². The van der Waals surface area contributed by atoms with E-state index in [1.807, 2.05) is 6.92 Å². The van der Waals surface area contributed by atoms with Crippen molar-refractivity contribution in [1.82, 2.24) is 19.8 Å². The third kappa shape index (κ3) is 2.82. The highest BCUT2D eigenvalue weighted by atomic mass is 32.2. The molecule has 1 aromatic heterocycles. The average molecular weight is 286 g/mol. The zero-order valence-electron chi connectivity index (χ0n) is 11.7. The Balaban J connectivity index is 2.23. The number of rotatable bonds is 5. The fourth-order valence-electron chi connectivity index (χ4n) is 2.31. The highest BCUT2D eigenvalue weighted by molar-refractivity contribution is 7.89. The van der Waals surface area contributed by atoms with Crippen molar-refractivity contribution in [1.29, 1.82) is 0 Å². The van der Waals surface area contributed by atoms with E-state index in [4.69, 9.17) is 0 Å². The van der Waals surface area contributed by atoms with Gasteiger partial charge in [0.05, 0.1) is 6.20 Å². The van der Waals surface area contributed by atoms with Gasteiger partial charge in [0.2, 0.25) is 0 Å². The smallest absolute Gasteiger partial charge is 0.260 e. The number of sulfonamides is 1. The number of nitrogens with zero attached hydrogens (tertiary/aromatic N) is 2. The Bertz CT molecular complexity index is 516. The van der Waals surface area contributed by atoms with Crippen molar-refractivity contribution in [3.63, 3.8) is 0 Å². The second-order valence-electron chi connectivity index (χ2n) is 5.28. The number of aromatic amines is 1. The first kappa shape index (κ1) is 14.5. The van der Waals surface area contributed by atoms with Crippen molar-refractivity contribution in [2.75, 3.05) is 19.6 Å². The van der Waals surface area contributed by atoms with Gasteiger partial charge in [0.15, 0.2) is 5.03 Å². The molecule has 6 nitrogen and oxygen atoms in total. The Hall–Kier alpha value is -0.920. The molecule has 0 bridgehead atoms. The summed E-state index contributed by atoms with van der Waals surface area (Å²) in [4.78, 5) is 0. The van der Waals surface area contributed by atoms with E-state index < -0.39 is 10.0 Å². The Kier molecular flexibility index (Phi) is 4.27. The molecule has 1 aliphatic heterocycles. The van der Waals surface area contributed by atoms with Crippen LogP contribution in [0.2, 0.25) is 0 Å².